The molecule has 0 N–H and O–H groups in total. The largest absolute Gasteiger partial charge is 0.376 e. The van der Waals surface area contributed by atoms with Crippen molar-refractivity contribution in [3.05, 3.63) is 18.0 Å². The zero-order valence-corrected chi connectivity index (χ0v) is 10.2. The zero-order chi connectivity index (χ0) is 11.3. The maximum atomic E-state index is 6.11. The lowest BCUT2D eigenvalue weighted by Gasteiger charge is -2.33. The molecule has 1 atom stereocenters. The summed E-state index contributed by atoms with van der Waals surface area (Å²) in [5.74, 6) is 0. The molecular weight excluding hydrogens is 187 g/mol. The van der Waals surface area contributed by atoms with Crippen LogP contribution in [0.2, 0.25) is 5.31 Å². The van der Waals surface area contributed by atoms with Crippen molar-refractivity contribution in [3.8, 4) is 0 Å². The summed E-state index contributed by atoms with van der Waals surface area (Å²) in [6.45, 7) is 8.87. The highest BCUT2D eigenvalue weighted by Gasteiger charge is 2.49. The van der Waals surface area contributed by atoms with Crippen molar-refractivity contribution in [3.63, 3.8) is 0 Å². The van der Waals surface area contributed by atoms with Crippen molar-refractivity contribution >= 4 is 7.28 Å². The molecule has 0 spiro atoms. The van der Waals surface area contributed by atoms with Gasteiger partial charge in [0.15, 0.2) is 7.28 Å². The normalized spacial score (nSPS) is 27.7. The van der Waals surface area contributed by atoms with Crippen LogP contribution in [0.1, 0.15) is 39.3 Å². The summed E-state index contributed by atoms with van der Waals surface area (Å²) in [5, 5.41) is 4.41. The van der Waals surface area contributed by atoms with Crippen LogP contribution in [0.15, 0.2) is 12.4 Å². The van der Waals surface area contributed by atoms with Crippen molar-refractivity contribution in [2.75, 3.05) is 0 Å². The van der Waals surface area contributed by atoms with Crippen LogP contribution in [-0.2, 0) is 11.8 Å². The van der Waals surface area contributed by atoms with Gasteiger partial charge < -0.3 is 4.74 Å². The second kappa shape index (κ2) is 3.11. The second-order valence-electron chi connectivity index (χ2n) is 5.65. The minimum atomic E-state index is -0.0620. The molecule has 0 aromatic carbocycles. The van der Waals surface area contributed by atoms with Gasteiger partial charge in [0.1, 0.15) is 0 Å². The molecule has 1 fully saturated rings. The minimum absolute atomic E-state index is 0.0620. The molecule has 0 amide bonds. The Bertz CT molecular complexity index is 354. The summed E-state index contributed by atoms with van der Waals surface area (Å²) >= 11 is 0. The first-order valence-electron chi connectivity index (χ1n) is 5.48. The predicted octanol–water partition coefficient (Wildman–Crippen LogP) is 1.86. The van der Waals surface area contributed by atoms with Crippen LogP contribution in [0.4, 0.5) is 0 Å². The average Bonchev–Trinajstić information content (AvgIpc) is 2.56. The van der Waals surface area contributed by atoms with E-state index in [0.29, 0.717) is 0 Å². The van der Waals surface area contributed by atoms with Gasteiger partial charge in [0.2, 0.25) is 0 Å². The number of hydrogen-bond donors (Lipinski definition) is 0. The van der Waals surface area contributed by atoms with Gasteiger partial charge in [-0.1, -0.05) is 13.8 Å². The Labute approximate surface area is 92.1 Å². The van der Waals surface area contributed by atoms with E-state index in [0.717, 1.165) is 7.28 Å². The number of nitrogens with zero attached hydrogens (tertiary/aromatic N) is 2. The highest BCUT2D eigenvalue weighted by Crippen LogP contribution is 2.50. The molecular formula is C11H19BN2O. The Morgan fingerprint density at radius 2 is 2.07 bits per heavy atom. The number of aromatic nitrogens is 2. The molecule has 82 valence electrons. The molecule has 1 saturated heterocycles. The van der Waals surface area contributed by atoms with E-state index in [9.17, 15) is 0 Å². The smallest absolute Gasteiger partial charge is 0.173 e. The summed E-state index contributed by atoms with van der Waals surface area (Å²) in [6, 6.07) is 0.198. The molecule has 1 aliphatic heterocycles. The quantitative estimate of drug-likeness (QED) is 0.655. The third-order valence-corrected chi connectivity index (χ3v) is 3.86. The van der Waals surface area contributed by atoms with Gasteiger partial charge >= 0.3 is 0 Å². The maximum Gasteiger partial charge on any atom is 0.173 e. The third kappa shape index (κ3) is 1.71. The molecule has 2 rings (SSSR count). The number of hydrogen-bond acceptors (Lipinski definition) is 2. The van der Waals surface area contributed by atoms with E-state index in [-0.39, 0.29) is 16.9 Å². The molecule has 0 bridgehead atoms. The van der Waals surface area contributed by atoms with Gasteiger partial charge in [0.25, 0.3) is 0 Å². The lowest BCUT2D eigenvalue weighted by Crippen LogP contribution is -2.31. The first-order chi connectivity index (χ1) is 6.82. The zero-order valence-electron chi connectivity index (χ0n) is 10.2. The van der Waals surface area contributed by atoms with E-state index >= 15 is 0 Å². The van der Waals surface area contributed by atoms with Crippen LogP contribution in [-0.4, -0.2) is 22.7 Å². The predicted molar refractivity (Wildman–Crippen MR) is 62.3 cm³/mol. The van der Waals surface area contributed by atoms with Crippen LogP contribution in [0, 0.1) is 0 Å². The molecule has 4 heteroatoms. The molecule has 0 aliphatic carbocycles. The number of aryl methyl sites for hydroxylation is 1. The van der Waals surface area contributed by atoms with Gasteiger partial charge in [-0.25, -0.2) is 0 Å². The summed E-state index contributed by atoms with van der Waals surface area (Å²) in [5.41, 5.74) is 1.13. The lowest BCUT2D eigenvalue weighted by atomic mass is 9.47. The summed E-state index contributed by atoms with van der Waals surface area (Å²) < 4.78 is 7.94. The fraction of sp³-hybridized carbons (Fsp3) is 0.727. The Morgan fingerprint density at radius 3 is 2.47 bits per heavy atom. The molecule has 1 aromatic rings. The van der Waals surface area contributed by atoms with Gasteiger partial charge in [-0.2, -0.15) is 5.10 Å². The second-order valence-corrected chi connectivity index (χ2v) is 5.65. The van der Waals surface area contributed by atoms with Crippen molar-refractivity contribution < 1.29 is 4.74 Å². The fourth-order valence-electron chi connectivity index (χ4n) is 2.06. The van der Waals surface area contributed by atoms with Crippen LogP contribution >= 0.6 is 0 Å². The summed E-state index contributed by atoms with van der Waals surface area (Å²) in [4.78, 5) is 0. The molecule has 0 radical (unpaired) electrons. The Hall–Kier alpha value is -0.765. The Balaban J connectivity index is 2.23. The van der Waals surface area contributed by atoms with Crippen LogP contribution in [0.25, 0.3) is 0 Å². The highest BCUT2D eigenvalue weighted by molar-refractivity contribution is 6.43. The van der Waals surface area contributed by atoms with Gasteiger partial charge in [-0.05, 0) is 19.2 Å². The van der Waals surface area contributed by atoms with Crippen LogP contribution in [0.5, 0.6) is 0 Å². The van der Waals surface area contributed by atoms with Crippen molar-refractivity contribution in [1.82, 2.24) is 9.78 Å². The Morgan fingerprint density at radius 1 is 1.40 bits per heavy atom. The number of rotatable bonds is 1. The fourth-order valence-corrected chi connectivity index (χ4v) is 2.06. The summed E-state index contributed by atoms with van der Waals surface area (Å²) in [6.07, 6.45) is 3.95. The molecule has 15 heavy (non-hydrogen) atoms. The van der Waals surface area contributed by atoms with Crippen molar-refractivity contribution in [2.24, 2.45) is 7.05 Å². The third-order valence-electron chi connectivity index (χ3n) is 3.86. The van der Waals surface area contributed by atoms with Gasteiger partial charge in [0.05, 0.1) is 17.8 Å². The van der Waals surface area contributed by atoms with E-state index in [1.54, 1.807) is 0 Å². The molecule has 1 unspecified atom stereocenters. The molecule has 0 saturated carbocycles. The summed E-state index contributed by atoms with van der Waals surface area (Å²) in [7, 11) is 3.00. The van der Waals surface area contributed by atoms with E-state index in [2.05, 4.69) is 32.8 Å². The van der Waals surface area contributed by atoms with Gasteiger partial charge in [0, 0.05) is 18.8 Å². The molecule has 3 nitrogen and oxygen atoms in total. The maximum absolute atomic E-state index is 6.11. The Kier molecular flexibility index (Phi) is 2.23. The van der Waals surface area contributed by atoms with Crippen LogP contribution in [0.3, 0.4) is 0 Å². The minimum Gasteiger partial charge on any atom is -0.376 e. The van der Waals surface area contributed by atoms with E-state index < -0.39 is 0 Å². The first kappa shape index (κ1) is 10.7. The standard InChI is InChI=1S/C11H19BN2O/c1-10(2)11(3,4)15-9(12-10)8-6-13-14(5)7-8/h6-7,9,12H,1-5H3. The monoisotopic (exact) mass is 206 g/mol. The topological polar surface area (TPSA) is 27.1 Å². The van der Waals surface area contributed by atoms with E-state index in [1.807, 2.05) is 24.1 Å². The van der Waals surface area contributed by atoms with Crippen LogP contribution < -0.4 is 0 Å². The van der Waals surface area contributed by atoms with Gasteiger partial charge in [-0.15, -0.1) is 0 Å². The molecule has 2 heterocycles. The number of ether oxygens (including phenoxy) is 1. The highest BCUT2D eigenvalue weighted by atomic mass is 16.5. The first-order valence-corrected chi connectivity index (χ1v) is 5.48. The van der Waals surface area contributed by atoms with Crippen molar-refractivity contribution in [2.45, 2.75) is 44.6 Å². The van der Waals surface area contributed by atoms with Crippen molar-refractivity contribution in [1.29, 1.82) is 0 Å². The van der Waals surface area contributed by atoms with E-state index in [4.69, 9.17) is 4.74 Å². The average molecular weight is 206 g/mol. The van der Waals surface area contributed by atoms with E-state index in [1.165, 1.54) is 5.56 Å². The van der Waals surface area contributed by atoms with Gasteiger partial charge in [-0.3, -0.25) is 4.68 Å². The SMILES string of the molecule is Cn1cc(C2BC(C)(C)C(C)(C)O2)cn1. The lowest BCUT2D eigenvalue weighted by molar-refractivity contribution is -0.0343. The molecule has 1 aliphatic rings. The molecule has 1 aromatic heterocycles.